The Hall–Kier alpha value is -1.95. The second kappa shape index (κ2) is 7.59. The molecular weight excluding hydrogens is 262 g/mol. The van der Waals surface area contributed by atoms with Crippen LogP contribution in [0, 0.1) is 6.92 Å². The molecule has 0 fully saturated rings. The van der Waals surface area contributed by atoms with E-state index < -0.39 is 11.5 Å². The van der Waals surface area contributed by atoms with Gasteiger partial charge in [-0.1, -0.05) is 0 Å². The highest BCUT2D eigenvalue weighted by Crippen LogP contribution is 2.00. The molecule has 0 saturated heterocycles. The van der Waals surface area contributed by atoms with Crippen molar-refractivity contribution in [2.75, 3.05) is 19.8 Å². The highest BCUT2D eigenvalue weighted by atomic mass is 16.6. The Morgan fingerprint density at radius 3 is 2.55 bits per heavy atom. The lowest BCUT2D eigenvalue weighted by atomic mass is 10.2. The van der Waals surface area contributed by atoms with Gasteiger partial charge >= 0.3 is 5.97 Å². The van der Waals surface area contributed by atoms with Crippen molar-refractivity contribution in [2.45, 2.75) is 27.3 Å². The number of Topliss-reactive ketones (excluding diaryl/α,β-unsaturated/α-hetero) is 1. The Kier molecular flexibility index (Phi) is 6.11. The van der Waals surface area contributed by atoms with E-state index in [0.29, 0.717) is 18.9 Å². The molecule has 0 spiro atoms. The van der Waals surface area contributed by atoms with Crippen LogP contribution in [0.3, 0.4) is 0 Å². The number of carbonyl (C=O) groups excluding carboxylic acids is 2. The van der Waals surface area contributed by atoms with Crippen LogP contribution >= 0.6 is 0 Å². The second-order valence-corrected chi connectivity index (χ2v) is 4.25. The minimum absolute atomic E-state index is 0.0673. The van der Waals surface area contributed by atoms with Crippen LogP contribution in [-0.4, -0.2) is 36.1 Å². The van der Waals surface area contributed by atoms with Crippen molar-refractivity contribution in [3.63, 3.8) is 0 Å². The Morgan fingerprint density at radius 1 is 1.25 bits per heavy atom. The van der Waals surface area contributed by atoms with Crippen LogP contribution in [0.2, 0.25) is 0 Å². The van der Waals surface area contributed by atoms with Crippen molar-refractivity contribution in [2.24, 2.45) is 0 Å². The summed E-state index contributed by atoms with van der Waals surface area (Å²) >= 11 is 0. The quantitative estimate of drug-likeness (QED) is 0.422. The van der Waals surface area contributed by atoms with Crippen molar-refractivity contribution in [1.29, 1.82) is 0 Å². The van der Waals surface area contributed by atoms with Crippen molar-refractivity contribution >= 4 is 11.8 Å². The van der Waals surface area contributed by atoms with E-state index in [2.05, 4.69) is 0 Å². The number of aryl methyl sites for hydroxylation is 1. The number of ether oxygens (including phenoxy) is 2. The minimum Gasteiger partial charge on any atom is -0.462 e. The summed E-state index contributed by atoms with van der Waals surface area (Å²) in [6, 6.07) is 3.10. The zero-order chi connectivity index (χ0) is 15.1. The molecule has 0 saturated carbocycles. The first-order valence-corrected chi connectivity index (χ1v) is 6.42. The molecule has 0 amide bonds. The molecule has 0 aliphatic rings. The summed E-state index contributed by atoms with van der Waals surface area (Å²) in [5.41, 5.74) is 0.193. The molecule has 20 heavy (non-hydrogen) atoms. The molecule has 0 aliphatic heterocycles. The lowest BCUT2D eigenvalue weighted by Crippen LogP contribution is -2.30. The standard InChI is InChI=1S/C14H19NO5/c1-4-19-7-8-20-13(17)9-15-10(2)5-6-12(11(3)16)14(15)18/h5-6H,4,7-9H2,1-3H3. The molecule has 1 rings (SSSR count). The predicted octanol–water partition coefficient (Wildman–Crippen LogP) is 0.939. The minimum atomic E-state index is -0.532. The topological polar surface area (TPSA) is 74.6 Å². The third-order valence-electron chi connectivity index (χ3n) is 2.75. The lowest BCUT2D eigenvalue weighted by Gasteiger charge is -2.11. The maximum Gasteiger partial charge on any atom is 0.326 e. The largest absolute Gasteiger partial charge is 0.462 e. The molecule has 1 heterocycles. The van der Waals surface area contributed by atoms with E-state index in [-0.39, 0.29) is 24.5 Å². The smallest absolute Gasteiger partial charge is 0.326 e. The number of carbonyl (C=O) groups is 2. The fraction of sp³-hybridized carbons (Fsp3) is 0.500. The second-order valence-electron chi connectivity index (χ2n) is 4.25. The summed E-state index contributed by atoms with van der Waals surface area (Å²) in [5.74, 6) is -0.857. The zero-order valence-electron chi connectivity index (χ0n) is 12.0. The van der Waals surface area contributed by atoms with Crippen LogP contribution < -0.4 is 5.56 Å². The SMILES string of the molecule is CCOCCOC(=O)Cn1c(C)ccc(C(C)=O)c1=O. The molecule has 0 atom stereocenters. The molecule has 6 heteroatoms. The average Bonchev–Trinajstić information content (AvgIpc) is 2.39. The van der Waals surface area contributed by atoms with Crippen molar-refractivity contribution in [3.05, 3.63) is 33.7 Å². The molecule has 0 bridgehead atoms. The summed E-state index contributed by atoms with van der Waals surface area (Å²) in [4.78, 5) is 35.0. The van der Waals surface area contributed by atoms with E-state index in [1.54, 1.807) is 13.0 Å². The molecule has 0 radical (unpaired) electrons. The Morgan fingerprint density at radius 2 is 1.95 bits per heavy atom. The van der Waals surface area contributed by atoms with Crippen LogP contribution in [0.15, 0.2) is 16.9 Å². The third kappa shape index (κ3) is 4.31. The summed E-state index contributed by atoms with van der Waals surface area (Å²) in [6.07, 6.45) is 0. The molecule has 1 aromatic heterocycles. The Bertz CT molecular complexity index is 547. The summed E-state index contributed by atoms with van der Waals surface area (Å²) < 4.78 is 11.2. The number of nitrogens with zero attached hydrogens (tertiary/aromatic N) is 1. The van der Waals surface area contributed by atoms with E-state index in [1.165, 1.54) is 17.6 Å². The molecule has 0 aliphatic carbocycles. The van der Waals surface area contributed by atoms with Crippen molar-refractivity contribution in [1.82, 2.24) is 4.57 Å². The van der Waals surface area contributed by atoms with Gasteiger partial charge in [0.2, 0.25) is 0 Å². The van der Waals surface area contributed by atoms with Gasteiger partial charge in [-0.05, 0) is 32.9 Å². The van der Waals surface area contributed by atoms with Gasteiger partial charge in [0.25, 0.3) is 5.56 Å². The van der Waals surface area contributed by atoms with Gasteiger partial charge in [-0.15, -0.1) is 0 Å². The van der Waals surface area contributed by atoms with Crippen LogP contribution in [0.1, 0.15) is 29.9 Å². The molecule has 1 aromatic rings. The van der Waals surface area contributed by atoms with Crippen molar-refractivity contribution in [3.8, 4) is 0 Å². The highest BCUT2D eigenvalue weighted by Gasteiger charge is 2.13. The number of hydrogen-bond donors (Lipinski definition) is 0. The first-order valence-electron chi connectivity index (χ1n) is 6.42. The monoisotopic (exact) mass is 281 g/mol. The van der Waals surface area contributed by atoms with Gasteiger partial charge in [0, 0.05) is 12.3 Å². The number of pyridine rings is 1. The van der Waals surface area contributed by atoms with Crippen LogP contribution in [0.25, 0.3) is 0 Å². The van der Waals surface area contributed by atoms with Gasteiger partial charge in [0.05, 0.1) is 12.2 Å². The van der Waals surface area contributed by atoms with E-state index >= 15 is 0 Å². The average molecular weight is 281 g/mol. The van der Waals surface area contributed by atoms with E-state index in [1.807, 2.05) is 6.92 Å². The Labute approximate surface area is 117 Å². The maximum atomic E-state index is 12.1. The molecule has 110 valence electrons. The maximum absolute atomic E-state index is 12.1. The van der Waals surface area contributed by atoms with Gasteiger partial charge in [-0.3, -0.25) is 14.4 Å². The van der Waals surface area contributed by atoms with E-state index in [0.717, 1.165) is 0 Å². The fourth-order valence-electron chi connectivity index (χ4n) is 1.67. The zero-order valence-corrected chi connectivity index (χ0v) is 12.0. The van der Waals surface area contributed by atoms with Gasteiger partial charge in [-0.25, -0.2) is 0 Å². The van der Waals surface area contributed by atoms with Crippen LogP contribution in [0.5, 0.6) is 0 Å². The van der Waals surface area contributed by atoms with E-state index in [9.17, 15) is 14.4 Å². The first-order chi connectivity index (χ1) is 9.47. The van der Waals surface area contributed by atoms with Crippen LogP contribution in [0.4, 0.5) is 0 Å². The van der Waals surface area contributed by atoms with Gasteiger partial charge < -0.3 is 14.0 Å². The first kappa shape index (κ1) is 16.1. The number of rotatable bonds is 7. The third-order valence-corrected chi connectivity index (χ3v) is 2.75. The van der Waals surface area contributed by atoms with Gasteiger partial charge in [-0.2, -0.15) is 0 Å². The number of aromatic nitrogens is 1. The molecule has 0 N–H and O–H groups in total. The van der Waals surface area contributed by atoms with Crippen molar-refractivity contribution < 1.29 is 19.1 Å². The normalized spacial score (nSPS) is 10.3. The van der Waals surface area contributed by atoms with E-state index in [4.69, 9.17) is 9.47 Å². The van der Waals surface area contributed by atoms with Crippen LogP contribution in [-0.2, 0) is 20.8 Å². The summed E-state index contributed by atoms with van der Waals surface area (Å²) in [6.45, 7) is 5.67. The van der Waals surface area contributed by atoms with Gasteiger partial charge in [0.1, 0.15) is 13.2 Å². The predicted molar refractivity (Wildman–Crippen MR) is 72.9 cm³/mol. The summed E-state index contributed by atoms with van der Waals surface area (Å²) in [5, 5.41) is 0. The molecular formula is C14H19NO5. The van der Waals surface area contributed by atoms with Gasteiger partial charge in [0.15, 0.2) is 5.78 Å². The summed E-state index contributed by atoms with van der Waals surface area (Å²) in [7, 11) is 0. The number of ketones is 1. The Balaban J connectivity index is 2.77. The number of hydrogen-bond acceptors (Lipinski definition) is 5. The molecule has 6 nitrogen and oxygen atoms in total. The highest BCUT2D eigenvalue weighted by molar-refractivity contribution is 5.93. The lowest BCUT2D eigenvalue weighted by molar-refractivity contribution is -0.146. The number of esters is 1. The molecule has 0 aromatic carbocycles. The molecule has 0 unspecified atom stereocenters. The fourth-order valence-corrected chi connectivity index (χ4v) is 1.67.